The Morgan fingerprint density at radius 1 is 1.00 bits per heavy atom. The Hall–Kier alpha value is -2.77. The van der Waals surface area contributed by atoms with E-state index in [2.05, 4.69) is 16.2 Å². The van der Waals surface area contributed by atoms with Crippen LogP contribution in [0.25, 0.3) is 0 Å². The van der Waals surface area contributed by atoms with Crippen molar-refractivity contribution < 1.29 is 19.0 Å². The van der Waals surface area contributed by atoms with Crippen LogP contribution in [0.2, 0.25) is 0 Å². The monoisotopic (exact) mass is 385 g/mol. The number of hydrogen-bond acceptors (Lipinski definition) is 6. The fraction of sp³-hybridized carbons (Fsp3) is 0.381. The second-order valence-corrected chi connectivity index (χ2v) is 6.60. The van der Waals surface area contributed by atoms with Crippen LogP contribution in [0.4, 0.5) is 0 Å². The van der Waals surface area contributed by atoms with Crippen LogP contribution < -0.4 is 30.4 Å². The zero-order chi connectivity index (χ0) is 19.9. The predicted molar refractivity (Wildman–Crippen MR) is 107 cm³/mol. The normalized spacial score (nSPS) is 18.5. The summed E-state index contributed by atoms with van der Waals surface area (Å²) >= 11 is 0. The summed E-state index contributed by atoms with van der Waals surface area (Å²) in [6.07, 6.45) is 1.37. The lowest BCUT2D eigenvalue weighted by Crippen LogP contribution is -2.43. The third-order valence-electron chi connectivity index (χ3n) is 4.89. The molecule has 2 unspecified atom stereocenters. The number of nitrogens with one attached hydrogen (secondary N) is 3. The molecule has 1 fully saturated rings. The highest BCUT2D eigenvalue weighted by molar-refractivity contribution is 5.82. The topological polar surface area (TPSA) is 80.9 Å². The molecule has 0 radical (unpaired) electrons. The first kappa shape index (κ1) is 20.0. The minimum absolute atomic E-state index is 0.0228. The second-order valence-electron chi connectivity index (χ2n) is 6.60. The number of amides is 1. The zero-order valence-electron chi connectivity index (χ0n) is 16.5. The van der Waals surface area contributed by atoms with E-state index in [1.807, 2.05) is 42.5 Å². The molecular weight excluding hydrogens is 358 g/mol. The van der Waals surface area contributed by atoms with Crippen LogP contribution in [0.3, 0.4) is 0 Å². The van der Waals surface area contributed by atoms with E-state index in [1.54, 1.807) is 21.3 Å². The van der Waals surface area contributed by atoms with Gasteiger partial charge in [0.05, 0.1) is 27.4 Å². The molecule has 0 aliphatic carbocycles. The summed E-state index contributed by atoms with van der Waals surface area (Å²) in [6, 6.07) is 13.3. The van der Waals surface area contributed by atoms with Gasteiger partial charge in [-0.15, -0.1) is 0 Å². The number of hydrogen-bond donors (Lipinski definition) is 3. The fourth-order valence-corrected chi connectivity index (χ4v) is 3.38. The summed E-state index contributed by atoms with van der Waals surface area (Å²) in [4.78, 5) is 12.5. The lowest BCUT2D eigenvalue weighted by molar-refractivity contribution is -0.122. The summed E-state index contributed by atoms with van der Waals surface area (Å²) in [6.45, 7) is 0.547. The molecule has 1 aliphatic rings. The molecule has 1 saturated heterocycles. The average molecular weight is 385 g/mol. The number of methoxy groups -OCH3 is 3. The van der Waals surface area contributed by atoms with Crippen molar-refractivity contribution in [3.05, 3.63) is 53.6 Å². The van der Waals surface area contributed by atoms with Gasteiger partial charge in [-0.1, -0.05) is 24.3 Å². The summed E-state index contributed by atoms with van der Waals surface area (Å²) in [5.41, 5.74) is 8.39. The van der Waals surface area contributed by atoms with E-state index in [0.717, 1.165) is 16.9 Å². The Kier molecular flexibility index (Phi) is 6.73. The van der Waals surface area contributed by atoms with Crippen molar-refractivity contribution in [3.8, 4) is 17.2 Å². The molecule has 2 aromatic carbocycles. The molecule has 7 nitrogen and oxygen atoms in total. The van der Waals surface area contributed by atoms with Gasteiger partial charge in [-0.3, -0.25) is 4.79 Å². The summed E-state index contributed by atoms with van der Waals surface area (Å²) < 4.78 is 16.0. The van der Waals surface area contributed by atoms with Gasteiger partial charge < -0.3 is 19.5 Å². The van der Waals surface area contributed by atoms with Crippen molar-refractivity contribution in [2.45, 2.75) is 24.9 Å². The van der Waals surface area contributed by atoms with Gasteiger partial charge >= 0.3 is 0 Å². The van der Waals surface area contributed by atoms with Gasteiger partial charge in [0, 0.05) is 12.1 Å². The fourth-order valence-electron chi connectivity index (χ4n) is 3.38. The Morgan fingerprint density at radius 2 is 1.75 bits per heavy atom. The minimum atomic E-state index is -0.291. The van der Waals surface area contributed by atoms with Crippen molar-refractivity contribution in [2.24, 2.45) is 0 Å². The third kappa shape index (κ3) is 4.55. The van der Waals surface area contributed by atoms with Crippen molar-refractivity contribution >= 4 is 5.91 Å². The van der Waals surface area contributed by atoms with Gasteiger partial charge in [0.2, 0.25) is 5.91 Å². The number of carbonyl (C=O) groups excluding carboxylic acids is 1. The van der Waals surface area contributed by atoms with E-state index in [-0.39, 0.29) is 18.0 Å². The van der Waals surface area contributed by atoms with Crippen LogP contribution in [0.15, 0.2) is 42.5 Å². The average Bonchev–Trinajstić information content (AvgIpc) is 3.23. The molecule has 7 heteroatoms. The number of hydrazine groups is 1. The van der Waals surface area contributed by atoms with E-state index in [0.29, 0.717) is 30.9 Å². The summed E-state index contributed by atoms with van der Waals surface area (Å²) in [5.74, 6) is 2.17. The quantitative estimate of drug-likeness (QED) is 0.645. The standard InChI is InChI=1S/C21H27N3O4/c1-26-18-7-5-4-6-15(18)16-13-17(24-23-16)21(25)22-11-10-14-8-9-19(27-2)20(12-14)28-3/h4-9,12,16-17,23-24H,10-11,13H2,1-3H3,(H,22,25). The Balaban J connectivity index is 1.51. The van der Waals surface area contributed by atoms with Gasteiger partial charge in [-0.05, 0) is 36.6 Å². The highest BCUT2D eigenvalue weighted by Crippen LogP contribution is 2.30. The van der Waals surface area contributed by atoms with Gasteiger partial charge in [0.15, 0.2) is 11.5 Å². The molecule has 0 saturated carbocycles. The smallest absolute Gasteiger partial charge is 0.238 e. The van der Waals surface area contributed by atoms with Crippen molar-refractivity contribution in [2.75, 3.05) is 27.9 Å². The Bertz CT molecular complexity index is 812. The van der Waals surface area contributed by atoms with E-state index in [9.17, 15) is 4.79 Å². The predicted octanol–water partition coefficient (Wildman–Crippen LogP) is 1.98. The highest BCUT2D eigenvalue weighted by Gasteiger charge is 2.31. The van der Waals surface area contributed by atoms with E-state index in [1.165, 1.54) is 0 Å². The zero-order valence-corrected chi connectivity index (χ0v) is 16.5. The number of carbonyl (C=O) groups is 1. The van der Waals surface area contributed by atoms with Crippen molar-refractivity contribution in [1.29, 1.82) is 0 Å². The summed E-state index contributed by atoms with van der Waals surface area (Å²) in [7, 11) is 4.87. The first-order valence-electron chi connectivity index (χ1n) is 9.28. The maximum Gasteiger partial charge on any atom is 0.238 e. The van der Waals surface area contributed by atoms with Crippen LogP contribution in [-0.4, -0.2) is 39.8 Å². The van der Waals surface area contributed by atoms with Crippen LogP contribution in [0, 0.1) is 0 Å². The molecule has 2 atom stereocenters. The number of benzene rings is 2. The van der Waals surface area contributed by atoms with Crippen LogP contribution >= 0.6 is 0 Å². The van der Waals surface area contributed by atoms with Gasteiger partial charge in [0.1, 0.15) is 11.8 Å². The second kappa shape index (κ2) is 9.43. The first-order valence-corrected chi connectivity index (χ1v) is 9.28. The molecule has 3 N–H and O–H groups in total. The lowest BCUT2D eigenvalue weighted by atomic mass is 10.0. The minimum Gasteiger partial charge on any atom is -0.496 e. The van der Waals surface area contributed by atoms with Crippen LogP contribution in [0.1, 0.15) is 23.6 Å². The molecule has 28 heavy (non-hydrogen) atoms. The molecule has 0 spiro atoms. The maximum atomic E-state index is 12.5. The van der Waals surface area contributed by atoms with Gasteiger partial charge in [-0.25, -0.2) is 10.9 Å². The largest absolute Gasteiger partial charge is 0.496 e. The lowest BCUT2D eigenvalue weighted by Gasteiger charge is -2.14. The molecule has 0 bridgehead atoms. The van der Waals surface area contributed by atoms with Gasteiger partial charge in [0.25, 0.3) is 0 Å². The molecule has 150 valence electrons. The van der Waals surface area contributed by atoms with Crippen LogP contribution in [-0.2, 0) is 11.2 Å². The van der Waals surface area contributed by atoms with Crippen LogP contribution in [0.5, 0.6) is 17.2 Å². The first-order chi connectivity index (χ1) is 13.7. The number of rotatable bonds is 8. The van der Waals surface area contributed by atoms with Crippen molar-refractivity contribution in [3.63, 3.8) is 0 Å². The van der Waals surface area contributed by atoms with E-state index >= 15 is 0 Å². The highest BCUT2D eigenvalue weighted by atomic mass is 16.5. The number of para-hydroxylation sites is 1. The van der Waals surface area contributed by atoms with E-state index < -0.39 is 0 Å². The number of ether oxygens (including phenoxy) is 3. The van der Waals surface area contributed by atoms with E-state index in [4.69, 9.17) is 14.2 Å². The Labute approximate surface area is 165 Å². The summed E-state index contributed by atoms with van der Waals surface area (Å²) in [5, 5.41) is 3.00. The maximum absolute atomic E-state index is 12.5. The molecule has 3 rings (SSSR count). The van der Waals surface area contributed by atoms with Crippen molar-refractivity contribution in [1.82, 2.24) is 16.2 Å². The SMILES string of the molecule is COc1ccc(CCNC(=O)C2CC(c3ccccc3OC)NN2)cc1OC. The Morgan fingerprint density at radius 3 is 2.50 bits per heavy atom. The molecular formula is C21H27N3O4. The molecule has 1 aliphatic heterocycles. The van der Waals surface area contributed by atoms with Gasteiger partial charge in [-0.2, -0.15) is 0 Å². The molecule has 2 aromatic rings. The third-order valence-corrected chi connectivity index (χ3v) is 4.89. The molecule has 0 aromatic heterocycles. The molecule has 1 amide bonds. The molecule has 1 heterocycles.